The van der Waals surface area contributed by atoms with Crippen molar-refractivity contribution in [3.05, 3.63) is 102 Å². The van der Waals surface area contributed by atoms with Gasteiger partial charge in [0.05, 0.1) is 17.8 Å². The second-order valence-corrected chi connectivity index (χ2v) is 6.52. The van der Waals surface area contributed by atoms with E-state index in [1.165, 1.54) is 6.07 Å². The van der Waals surface area contributed by atoms with E-state index in [2.05, 4.69) is 10.4 Å². The number of rotatable bonds is 5. The van der Waals surface area contributed by atoms with Crippen LogP contribution in [0.15, 0.2) is 85.2 Å². The van der Waals surface area contributed by atoms with Gasteiger partial charge in [-0.25, -0.2) is 13.5 Å². The molecule has 4 rings (SSSR count). The van der Waals surface area contributed by atoms with Crippen LogP contribution in [0.25, 0.3) is 16.8 Å². The summed E-state index contributed by atoms with van der Waals surface area (Å²) in [4.78, 5) is 12.5. The van der Waals surface area contributed by atoms with Gasteiger partial charge in [-0.15, -0.1) is 0 Å². The number of hydrogen-bond acceptors (Lipinski definition) is 2. The van der Waals surface area contributed by atoms with Crippen molar-refractivity contribution >= 4 is 11.6 Å². The summed E-state index contributed by atoms with van der Waals surface area (Å²) >= 11 is 0. The average Bonchev–Trinajstić information content (AvgIpc) is 3.26. The molecule has 0 atom stereocenters. The zero-order chi connectivity index (χ0) is 20.2. The molecule has 1 amide bonds. The number of carbonyl (C=O) groups is 1. The zero-order valence-corrected chi connectivity index (χ0v) is 15.3. The minimum Gasteiger partial charge on any atom is -0.323 e. The summed E-state index contributed by atoms with van der Waals surface area (Å²) in [5.74, 6) is -1.90. The Morgan fingerprint density at radius 3 is 2.41 bits per heavy atom. The van der Waals surface area contributed by atoms with Crippen LogP contribution < -0.4 is 5.32 Å². The summed E-state index contributed by atoms with van der Waals surface area (Å²) in [6.07, 6.45) is 3.57. The average molecular weight is 389 g/mol. The predicted octanol–water partition coefficient (Wildman–Crippen LogP) is 5.00. The molecule has 1 aromatic heterocycles. The highest BCUT2D eigenvalue weighted by Crippen LogP contribution is 2.31. The number of benzene rings is 3. The molecule has 1 heterocycles. The Kier molecular flexibility index (Phi) is 5.16. The fraction of sp³-hybridized carbons (Fsp3) is 0.0435. The molecule has 0 radical (unpaired) electrons. The quantitative estimate of drug-likeness (QED) is 0.522. The SMILES string of the molecule is O=C(Cc1ccc(-n2cccn2)cc1)Nc1c(F)cc(F)cc1-c1ccccc1. The molecule has 0 aliphatic heterocycles. The molecule has 4 aromatic rings. The fourth-order valence-electron chi connectivity index (χ4n) is 3.10. The van der Waals surface area contributed by atoms with Gasteiger partial charge in [0.2, 0.25) is 5.91 Å². The summed E-state index contributed by atoms with van der Waals surface area (Å²) in [5, 5.41) is 6.75. The molecule has 0 saturated carbocycles. The van der Waals surface area contributed by atoms with Gasteiger partial charge < -0.3 is 5.32 Å². The third-order valence-corrected chi connectivity index (χ3v) is 4.47. The van der Waals surface area contributed by atoms with Crippen LogP contribution in [0.3, 0.4) is 0 Å². The first kappa shape index (κ1) is 18.6. The van der Waals surface area contributed by atoms with Crippen LogP contribution in [0.4, 0.5) is 14.5 Å². The maximum Gasteiger partial charge on any atom is 0.228 e. The van der Waals surface area contributed by atoms with E-state index in [0.29, 0.717) is 11.1 Å². The van der Waals surface area contributed by atoms with E-state index in [4.69, 9.17) is 0 Å². The molecule has 0 fully saturated rings. The Morgan fingerprint density at radius 1 is 0.966 bits per heavy atom. The molecule has 3 aromatic carbocycles. The molecule has 0 unspecified atom stereocenters. The molecule has 144 valence electrons. The number of nitrogens with zero attached hydrogens (tertiary/aromatic N) is 2. The molecule has 0 aliphatic carbocycles. The lowest BCUT2D eigenvalue weighted by atomic mass is 10.0. The largest absolute Gasteiger partial charge is 0.323 e. The van der Waals surface area contributed by atoms with Crippen molar-refractivity contribution < 1.29 is 13.6 Å². The van der Waals surface area contributed by atoms with Crippen LogP contribution in [0.5, 0.6) is 0 Å². The number of halogens is 2. The minimum absolute atomic E-state index is 0.0317. The van der Waals surface area contributed by atoms with Crippen molar-refractivity contribution in [2.45, 2.75) is 6.42 Å². The number of anilines is 1. The van der Waals surface area contributed by atoms with Gasteiger partial charge in [0.25, 0.3) is 0 Å². The van der Waals surface area contributed by atoms with Gasteiger partial charge >= 0.3 is 0 Å². The molecule has 4 nitrogen and oxygen atoms in total. The second kappa shape index (κ2) is 8.06. The molecule has 29 heavy (non-hydrogen) atoms. The normalized spacial score (nSPS) is 10.7. The van der Waals surface area contributed by atoms with Crippen LogP contribution in [-0.2, 0) is 11.2 Å². The Hall–Kier alpha value is -3.80. The van der Waals surface area contributed by atoms with Gasteiger partial charge in [0.1, 0.15) is 11.6 Å². The maximum absolute atomic E-state index is 14.4. The highest BCUT2D eigenvalue weighted by atomic mass is 19.1. The van der Waals surface area contributed by atoms with Crippen LogP contribution >= 0.6 is 0 Å². The Morgan fingerprint density at radius 2 is 1.72 bits per heavy atom. The van der Waals surface area contributed by atoms with Crippen LogP contribution in [-0.4, -0.2) is 15.7 Å². The highest BCUT2D eigenvalue weighted by molar-refractivity contribution is 5.96. The first-order valence-corrected chi connectivity index (χ1v) is 9.03. The van der Waals surface area contributed by atoms with Gasteiger partial charge in [0, 0.05) is 24.0 Å². The maximum atomic E-state index is 14.4. The minimum atomic E-state index is -0.814. The summed E-state index contributed by atoms with van der Waals surface area (Å²) in [6.45, 7) is 0. The number of carbonyl (C=O) groups excluding carboxylic acids is 1. The van der Waals surface area contributed by atoms with Crippen molar-refractivity contribution in [2.75, 3.05) is 5.32 Å². The summed E-state index contributed by atoms with van der Waals surface area (Å²) in [5.41, 5.74) is 2.52. The number of aromatic nitrogens is 2. The van der Waals surface area contributed by atoms with Gasteiger partial charge in [-0.3, -0.25) is 4.79 Å². The van der Waals surface area contributed by atoms with Crippen molar-refractivity contribution in [1.29, 1.82) is 0 Å². The van der Waals surface area contributed by atoms with E-state index in [1.807, 2.05) is 42.6 Å². The van der Waals surface area contributed by atoms with Gasteiger partial charge in [-0.1, -0.05) is 42.5 Å². The van der Waals surface area contributed by atoms with E-state index in [9.17, 15) is 13.6 Å². The lowest BCUT2D eigenvalue weighted by molar-refractivity contribution is -0.115. The predicted molar refractivity (Wildman–Crippen MR) is 108 cm³/mol. The molecular weight excluding hydrogens is 372 g/mol. The van der Waals surface area contributed by atoms with E-state index in [-0.39, 0.29) is 18.0 Å². The van der Waals surface area contributed by atoms with E-state index < -0.39 is 11.6 Å². The molecule has 0 saturated heterocycles. The first-order chi connectivity index (χ1) is 14.1. The number of hydrogen-bond donors (Lipinski definition) is 1. The zero-order valence-electron chi connectivity index (χ0n) is 15.3. The van der Waals surface area contributed by atoms with Gasteiger partial charge in [-0.05, 0) is 35.4 Å². The summed E-state index contributed by atoms with van der Waals surface area (Å²) in [7, 11) is 0. The molecule has 0 spiro atoms. The van der Waals surface area contributed by atoms with Crippen molar-refractivity contribution in [3.8, 4) is 16.8 Å². The monoisotopic (exact) mass is 389 g/mol. The Bertz CT molecular complexity index is 1130. The number of amides is 1. The Labute approximate surface area is 166 Å². The fourth-order valence-corrected chi connectivity index (χ4v) is 3.10. The Balaban J connectivity index is 1.54. The first-order valence-electron chi connectivity index (χ1n) is 9.03. The third-order valence-electron chi connectivity index (χ3n) is 4.47. The lowest BCUT2D eigenvalue weighted by Gasteiger charge is -2.13. The molecular formula is C23H17F2N3O. The van der Waals surface area contributed by atoms with E-state index in [1.54, 1.807) is 35.1 Å². The smallest absolute Gasteiger partial charge is 0.228 e. The summed E-state index contributed by atoms with van der Waals surface area (Å²) in [6, 6.07) is 19.9. The van der Waals surface area contributed by atoms with Crippen LogP contribution in [0, 0.1) is 11.6 Å². The van der Waals surface area contributed by atoms with E-state index >= 15 is 0 Å². The molecule has 1 N–H and O–H groups in total. The standard InChI is InChI=1S/C23H17F2N3O/c24-18-14-20(17-5-2-1-3-6-17)23(21(25)15-18)27-22(29)13-16-7-9-19(10-8-16)28-12-4-11-26-28/h1-12,14-15H,13H2,(H,27,29). The summed E-state index contributed by atoms with van der Waals surface area (Å²) < 4.78 is 29.9. The van der Waals surface area contributed by atoms with Crippen LogP contribution in [0.2, 0.25) is 0 Å². The molecule has 0 bridgehead atoms. The lowest BCUT2D eigenvalue weighted by Crippen LogP contribution is -2.16. The van der Waals surface area contributed by atoms with E-state index in [0.717, 1.165) is 17.3 Å². The highest BCUT2D eigenvalue weighted by Gasteiger charge is 2.16. The topological polar surface area (TPSA) is 46.9 Å². The van der Waals surface area contributed by atoms with Crippen LogP contribution in [0.1, 0.15) is 5.56 Å². The second-order valence-electron chi connectivity index (χ2n) is 6.52. The molecule has 6 heteroatoms. The molecule has 0 aliphatic rings. The van der Waals surface area contributed by atoms with Gasteiger partial charge in [0.15, 0.2) is 0 Å². The van der Waals surface area contributed by atoms with Crippen molar-refractivity contribution in [1.82, 2.24) is 9.78 Å². The third kappa shape index (κ3) is 4.21. The van der Waals surface area contributed by atoms with Crippen molar-refractivity contribution in [2.24, 2.45) is 0 Å². The number of nitrogens with one attached hydrogen (secondary N) is 1. The van der Waals surface area contributed by atoms with Gasteiger partial charge in [-0.2, -0.15) is 5.10 Å². The van der Waals surface area contributed by atoms with Crippen molar-refractivity contribution in [3.63, 3.8) is 0 Å².